The molecular formula is C28H30N6O2. The second kappa shape index (κ2) is 9.60. The summed E-state index contributed by atoms with van der Waals surface area (Å²) in [6, 6.07) is 11.9. The molecule has 8 heteroatoms. The van der Waals surface area contributed by atoms with E-state index in [9.17, 15) is 4.79 Å². The molecule has 0 radical (unpaired) electrons. The van der Waals surface area contributed by atoms with Crippen LogP contribution in [0.4, 0.5) is 5.82 Å². The summed E-state index contributed by atoms with van der Waals surface area (Å²) in [7, 11) is 0. The Hall–Kier alpha value is -3.94. The first kappa shape index (κ1) is 22.5. The second-order valence-corrected chi connectivity index (χ2v) is 9.48. The largest absolute Gasteiger partial charge is 0.489 e. The highest BCUT2D eigenvalue weighted by Crippen LogP contribution is 2.25. The van der Waals surface area contributed by atoms with E-state index in [1.807, 2.05) is 64.5 Å². The van der Waals surface area contributed by atoms with Crippen LogP contribution in [-0.2, 0) is 6.42 Å². The van der Waals surface area contributed by atoms with Gasteiger partial charge in [0, 0.05) is 56.2 Å². The van der Waals surface area contributed by atoms with Crippen LogP contribution in [0.25, 0.3) is 16.7 Å². The number of carbonyl (C=O) groups is 1. The summed E-state index contributed by atoms with van der Waals surface area (Å²) in [6.45, 7) is 5.60. The van der Waals surface area contributed by atoms with Gasteiger partial charge in [-0.05, 0) is 49.2 Å². The lowest BCUT2D eigenvalue weighted by Gasteiger charge is -2.32. The molecule has 1 aromatic carbocycles. The zero-order valence-electron chi connectivity index (χ0n) is 20.5. The number of anilines is 1. The minimum Gasteiger partial charge on any atom is -0.489 e. The molecule has 0 bridgehead atoms. The molecule has 2 aliphatic rings. The Labute approximate surface area is 210 Å². The number of fused-ring (bicyclic) bond motifs is 1. The predicted molar refractivity (Wildman–Crippen MR) is 139 cm³/mol. The van der Waals surface area contributed by atoms with Gasteiger partial charge >= 0.3 is 0 Å². The van der Waals surface area contributed by atoms with Gasteiger partial charge in [0.25, 0.3) is 5.91 Å². The fourth-order valence-electron chi connectivity index (χ4n) is 4.85. The number of hydrogen-bond donors (Lipinski definition) is 0. The number of carbonyl (C=O) groups excluding carboxylic acids is 1. The van der Waals surface area contributed by atoms with E-state index < -0.39 is 0 Å². The molecule has 2 fully saturated rings. The summed E-state index contributed by atoms with van der Waals surface area (Å²) in [5.41, 5.74) is 2.79. The number of aromatic nitrogens is 4. The van der Waals surface area contributed by atoms with Crippen molar-refractivity contribution in [1.82, 2.24) is 24.4 Å². The van der Waals surface area contributed by atoms with Gasteiger partial charge in [-0.15, -0.1) is 0 Å². The van der Waals surface area contributed by atoms with Gasteiger partial charge in [-0.1, -0.05) is 6.92 Å². The van der Waals surface area contributed by atoms with E-state index in [4.69, 9.17) is 4.74 Å². The van der Waals surface area contributed by atoms with E-state index in [0.717, 1.165) is 91.4 Å². The summed E-state index contributed by atoms with van der Waals surface area (Å²) in [6.07, 6.45) is 11.5. The molecular weight excluding hydrogens is 452 g/mol. The number of likely N-dealkylation sites (tertiary alicyclic amines) is 1. The maximum atomic E-state index is 12.5. The molecule has 2 aliphatic heterocycles. The highest BCUT2D eigenvalue weighted by molar-refractivity contribution is 5.98. The predicted octanol–water partition coefficient (Wildman–Crippen LogP) is 4.27. The van der Waals surface area contributed by atoms with Crippen LogP contribution in [0.2, 0.25) is 0 Å². The minimum absolute atomic E-state index is 0.115. The van der Waals surface area contributed by atoms with Crippen LogP contribution >= 0.6 is 0 Å². The Morgan fingerprint density at radius 2 is 1.78 bits per heavy atom. The van der Waals surface area contributed by atoms with Gasteiger partial charge in [0.05, 0.1) is 29.8 Å². The standard InChI is InChI=1S/C28H30N6O2/c1-2-22-17-30-27(19-29-22)32-13-9-23(10-14-32)36-24-5-7-26(31-18-24)34-15-8-20-16-21(4-6-25(20)34)28(35)33-11-3-12-33/h4-8,15-19,23H,2-3,9-14H2,1H3. The molecule has 8 nitrogen and oxygen atoms in total. The number of pyridine rings is 1. The van der Waals surface area contributed by atoms with Crippen molar-refractivity contribution in [3.8, 4) is 11.6 Å². The molecule has 5 heterocycles. The van der Waals surface area contributed by atoms with Gasteiger partial charge in [-0.2, -0.15) is 0 Å². The topological polar surface area (TPSA) is 76.4 Å². The Morgan fingerprint density at radius 1 is 0.944 bits per heavy atom. The van der Waals surface area contributed by atoms with Crippen molar-refractivity contribution in [2.75, 3.05) is 31.1 Å². The number of ether oxygens (including phenoxy) is 1. The quantitative estimate of drug-likeness (QED) is 0.409. The van der Waals surface area contributed by atoms with Crippen molar-refractivity contribution in [2.24, 2.45) is 0 Å². The molecule has 0 spiro atoms. The van der Waals surface area contributed by atoms with Crippen LogP contribution in [0.15, 0.2) is 61.2 Å². The Balaban J connectivity index is 1.09. The average Bonchev–Trinajstić information content (AvgIpc) is 3.32. The zero-order valence-corrected chi connectivity index (χ0v) is 20.5. The number of nitrogens with zero attached hydrogens (tertiary/aromatic N) is 6. The maximum Gasteiger partial charge on any atom is 0.253 e. The fourth-order valence-corrected chi connectivity index (χ4v) is 4.85. The van der Waals surface area contributed by atoms with Gasteiger partial charge in [0.2, 0.25) is 0 Å². The lowest BCUT2D eigenvalue weighted by Crippen LogP contribution is -2.41. The van der Waals surface area contributed by atoms with Gasteiger partial charge in [-0.25, -0.2) is 9.97 Å². The van der Waals surface area contributed by atoms with Crippen LogP contribution in [-0.4, -0.2) is 62.6 Å². The van der Waals surface area contributed by atoms with E-state index in [-0.39, 0.29) is 12.0 Å². The van der Waals surface area contributed by atoms with Crippen molar-refractivity contribution >= 4 is 22.6 Å². The first-order valence-corrected chi connectivity index (χ1v) is 12.8. The summed E-state index contributed by atoms with van der Waals surface area (Å²) in [4.78, 5) is 30.4. The Kier molecular flexibility index (Phi) is 6.01. The van der Waals surface area contributed by atoms with Crippen LogP contribution < -0.4 is 9.64 Å². The third-order valence-corrected chi connectivity index (χ3v) is 7.17. The van der Waals surface area contributed by atoms with Crippen LogP contribution in [0.1, 0.15) is 42.2 Å². The summed E-state index contributed by atoms with van der Waals surface area (Å²) < 4.78 is 8.28. The molecule has 3 aromatic heterocycles. The van der Waals surface area contributed by atoms with E-state index in [2.05, 4.69) is 26.8 Å². The van der Waals surface area contributed by atoms with Gasteiger partial charge in [-0.3, -0.25) is 9.78 Å². The summed E-state index contributed by atoms with van der Waals surface area (Å²) >= 11 is 0. The number of hydrogen-bond acceptors (Lipinski definition) is 6. The molecule has 4 aromatic rings. The minimum atomic E-state index is 0.115. The number of benzene rings is 1. The zero-order chi connectivity index (χ0) is 24.5. The lowest BCUT2D eigenvalue weighted by atomic mass is 10.1. The van der Waals surface area contributed by atoms with Crippen LogP contribution in [0.3, 0.4) is 0 Å². The van der Waals surface area contributed by atoms with E-state index in [1.54, 1.807) is 6.20 Å². The maximum absolute atomic E-state index is 12.5. The SMILES string of the molecule is CCc1cnc(N2CCC(Oc3ccc(-n4ccc5cc(C(=O)N6CCC6)ccc54)nc3)CC2)cn1. The highest BCUT2D eigenvalue weighted by Gasteiger charge is 2.23. The highest BCUT2D eigenvalue weighted by atomic mass is 16.5. The number of rotatable bonds is 6. The molecule has 0 aliphatic carbocycles. The van der Waals surface area contributed by atoms with Crippen molar-refractivity contribution < 1.29 is 9.53 Å². The average molecular weight is 483 g/mol. The first-order chi connectivity index (χ1) is 17.7. The fraction of sp³-hybridized carbons (Fsp3) is 0.357. The second-order valence-electron chi connectivity index (χ2n) is 9.48. The molecule has 36 heavy (non-hydrogen) atoms. The van der Waals surface area contributed by atoms with Crippen molar-refractivity contribution in [2.45, 2.75) is 38.7 Å². The Morgan fingerprint density at radius 3 is 2.44 bits per heavy atom. The van der Waals surface area contributed by atoms with Crippen molar-refractivity contribution in [3.05, 3.63) is 72.4 Å². The van der Waals surface area contributed by atoms with Gasteiger partial charge < -0.3 is 19.1 Å². The van der Waals surface area contributed by atoms with Crippen molar-refractivity contribution in [1.29, 1.82) is 0 Å². The summed E-state index contributed by atoms with van der Waals surface area (Å²) in [5, 5.41) is 1.03. The monoisotopic (exact) mass is 482 g/mol. The molecule has 6 rings (SSSR count). The summed E-state index contributed by atoms with van der Waals surface area (Å²) in [5.74, 6) is 2.66. The lowest BCUT2D eigenvalue weighted by molar-refractivity contribution is 0.0652. The smallest absolute Gasteiger partial charge is 0.253 e. The third-order valence-electron chi connectivity index (χ3n) is 7.17. The molecule has 0 N–H and O–H groups in total. The molecule has 0 saturated carbocycles. The number of amides is 1. The first-order valence-electron chi connectivity index (χ1n) is 12.8. The molecule has 0 unspecified atom stereocenters. The van der Waals surface area contributed by atoms with Gasteiger partial charge in [0.15, 0.2) is 0 Å². The van der Waals surface area contributed by atoms with Crippen molar-refractivity contribution in [3.63, 3.8) is 0 Å². The third kappa shape index (κ3) is 4.39. The van der Waals surface area contributed by atoms with Crippen LogP contribution in [0.5, 0.6) is 5.75 Å². The molecule has 1 amide bonds. The normalized spacial score (nSPS) is 16.2. The van der Waals surface area contributed by atoms with E-state index in [0.29, 0.717) is 0 Å². The molecule has 0 atom stereocenters. The van der Waals surface area contributed by atoms with E-state index >= 15 is 0 Å². The molecule has 2 saturated heterocycles. The number of piperidine rings is 1. The number of aryl methyl sites for hydroxylation is 1. The van der Waals surface area contributed by atoms with E-state index in [1.165, 1.54) is 0 Å². The van der Waals surface area contributed by atoms with Crippen LogP contribution in [0, 0.1) is 0 Å². The Bertz CT molecular complexity index is 1350. The van der Waals surface area contributed by atoms with Gasteiger partial charge in [0.1, 0.15) is 23.5 Å². The molecule has 184 valence electrons.